The fourth-order valence-corrected chi connectivity index (χ4v) is 1.66. The Balaban J connectivity index is 3.03. The summed E-state index contributed by atoms with van der Waals surface area (Å²) in [6.45, 7) is 1.15. The van der Waals surface area contributed by atoms with Crippen LogP contribution in [0.5, 0.6) is 0 Å². The molecular weight excluding hydrogens is 264 g/mol. The molecule has 0 spiro atoms. The molecule has 0 aromatic carbocycles. The molecule has 0 aliphatic carbocycles. The van der Waals surface area contributed by atoms with Crippen LogP contribution < -0.4 is 0 Å². The molecule has 0 aliphatic rings. The lowest BCUT2D eigenvalue weighted by Crippen LogP contribution is -2.19. The summed E-state index contributed by atoms with van der Waals surface area (Å²) in [6, 6.07) is 0. The Morgan fingerprint density at radius 2 is 0.950 bits per heavy atom. The Morgan fingerprint density at radius 3 is 1.30 bits per heavy atom. The first-order valence-corrected chi connectivity index (χ1v) is 7.44. The van der Waals surface area contributed by atoms with Gasteiger partial charge >= 0.3 is 0 Å². The lowest BCUT2D eigenvalue weighted by atomic mass is 10.1. The molecule has 2 atom stereocenters. The number of aliphatic hydroxyl groups excluding tert-OH is 4. The van der Waals surface area contributed by atoms with Gasteiger partial charge in [-0.25, -0.2) is 0 Å². The molecule has 6 heteroatoms. The molecule has 2 unspecified atom stereocenters. The first-order valence-electron chi connectivity index (χ1n) is 7.44. The van der Waals surface area contributed by atoms with Crippen molar-refractivity contribution in [1.29, 1.82) is 0 Å². The predicted octanol–water partition coefficient (Wildman–Crippen LogP) is 0.0666. The number of unbranched alkanes of at least 4 members (excludes halogenated alkanes) is 5. The van der Waals surface area contributed by atoms with Crippen molar-refractivity contribution in [2.45, 2.75) is 50.7 Å². The number of hydrogen-bond acceptors (Lipinski definition) is 6. The van der Waals surface area contributed by atoms with Crippen LogP contribution in [0, 0.1) is 0 Å². The minimum Gasteiger partial charge on any atom is -0.394 e. The van der Waals surface area contributed by atoms with E-state index in [4.69, 9.17) is 29.9 Å². The largest absolute Gasteiger partial charge is 0.394 e. The Morgan fingerprint density at radius 1 is 0.600 bits per heavy atom. The van der Waals surface area contributed by atoms with Gasteiger partial charge in [-0.05, 0) is 12.8 Å². The minimum absolute atomic E-state index is 0.202. The standard InChI is InChI=1S/C14H30O6/c15-9-13(17)11-19-7-5-3-1-2-4-6-8-20-12-14(18)10-16/h13-18H,1-12H2. The van der Waals surface area contributed by atoms with Gasteiger partial charge in [0.1, 0.15) is 12.2 Å². The van der Waals surface area contributed by atoms with Crippen LogP contribution in [0.25, 0.3) is 0 Å². The molecule has 0 aromatic heterocycles. The molecular formula is C14H30O6. The zero-order valence-electron chi connectivity index (χ0n) is 12.2. The van der Waals surface area contributed by atoms with E-state index in [1.807, 2.05) is 0 Å². The van der Waals surface area contributed by atoms with Crippen LogP contribution in [0.1, 0.15) is 38.5 Å². The van der Waals surface area contributed by atoms with E-state index in [0.29, 0.717) is 13.2 Å². The summed E-state index contributed by atoms with van der Waals surface area (Å²) in [7, 11) is 0. The van der Waals surface area contributed by atoms with Crippen molar-refractivity contribution in [3.63, 3.8) is 0 Å². The van der Waals surface area contributed by atoms with Crippen molar-refractivity contribution in [1.82, 2.24) is 0 Å². The van der Waals surface area contributed by atoms with Crippen molar-refractivity contribution < 1.29 is 29.9 Å². The Labute approximate surface area is 121 Å². The quantitative estimate of drug-likeness (QED) is 0.319. The van der Waals surface area contributed by atoms with Crippen molar-refractivity contribution in [3.8, 4) is 0 Å². The summed E-state index contributed by atoms with van der Waals surface area (Å²) in [5, 5.41) is 35.2. The van der Waals surface area contributed by atoms with E-state index < -0.39 is 12.2 Å². The summed E-state index contributed by atoms with van der Waals surface area (Å²) in [5.74, 6) is 0. The van der Waals surface area contributed by atoms with Crippen LogP contribution in [0.4, 0.5) is 0 Å². The SMILES string of the molecule is OCC(O)COCCCCCCCCOCC(O)CO. The highest BCUT2D eigenvalue weighted by Gasteiger charge is 2.01. The van der Waals surface area contributed by atoms with Crippen molar-refractivity contribution in [3.05, 3.63) is 0 Å². The van der Waals surface area contributed by atoms with E-state index >= 15 is 0 Å². The van der Waals surface area contributed by atoms with Gasteiger partial charge in [0.05, 0.1) is 26.4 Å². The maximum Gasteiger partial charge on any atom is 0.100 e. The van der Waals surface area contributed by atoms with Crippen LogP contribution in [0.2, 0.25) is 0 Å². The molecule has 0 rings (SSSR count). The second kappa shape index (κ2) is 15.2. The summed E-state index contributed by atoms with van der Waals surface area (Å²) < 4.78 is 10.4. The minimum atomic E-state index is -0.764. The van der Waals surface area contributed by atoms with E-state index in [1.165, 1.54) is 0 Å². The van der Waals surface area contributed by atoms with E-state index in [-0.39, 0.29) is 26.4 Å². The second-order valence-corrected chi connectivity index (χ2v) is 4.94. The van der Waals surface area contributed by atoms with Crippen LogP contribution in [0.15, 0.2) is 0 Å². The summed E-state index contributed by atoms with van der Waals surface area (Å²) >= 11 is 0. The first-order chi connectivity index (χ1) is 9.70. The Hall–Kier alpha value is -0.240. The highest BCUT2D eigenvalue weighted by molar-refractivity contribution is 4.51. The number of ether oxygens (including phenoxy) is 2. The smallest absolute Gasteiger partial charge is 0.100 e. The molecule has 0 bridgehead atoms. The summed E-state index contributed by atoms with van der Waals surface area (Å²) in [6.07, 6.45) is 4.89. The van der Waals surface area contributed by atoms with Crippen molar-refractivity contribution in [2.75, 3.05) is 39.6 Å². The molecule has 0 radical (unpaired) electrons. The third-order valence-corrected chi connectivity index (χ3v) is 2.87. The van der Waals surface area contributed by atoms with E-state index in [9.17, 15) is 0 Å². The lowest BCUT2D eigenvalue weighted by molar-refractivity contribution is 0.00462. The molecule has 20 heavy (non-hydrogen) atoms. The average molecular weight is 294 g/mol. The zero-order valence-corrected chi connectivity index (χ0v) is 12.2. The molecule has 0 aliphatic heterocycles. The van der Waals surface area contributed by atoms with Crippen LogP contribution in [0.3, 0.4) is 0 Å². The fraction of sp³-hybridized carbons (Fsp3) is 1.00. The van der Waals surface area contributed by atoms with Gasteiger partial charge in [-0.1, -0.05) is 25.7 Å². The highest BCUT2D eigenvalue weighted by Crippen LogP contribution is 2.06. The van der Waals surface area contributed by atoms with Gasteiger partial charge in [-0.15, -0.1) is 0 Å². The molecule has 0 aromatic rings. The molecule has 0 fully saturated rings. The second-order valence-electron chi connectivity index (χ2n) is 4.94. The first kappa shape index (κ1) is 19.8. The summed E-state index contributed by atoms with van der Waals surface area (Å²) in [4.78, 5) is 0. The van der Waals surface area contributed by atoms with Gasteiger partial charge < -0.3 is 29.9 Å². The normalized spacial score (nSPS) is 14.4. The van der Waals surface area contributed by atoms with Gasteiger partial charge in [0.2, 0.25) is 0 Å². The van der Waals surface area contributed by atoms with Crippen molar-refractivity contribution >= 4 is 0 Å². The molecule has 4 N–H and O–H groups in total. The van der Waals surface area contributed by atoms with Gasteiger partial charge in [-0.2, -0.15) is 0 Å². The van der Waals surface area contributed by atoms with Gasteiger partial charge in [0.15, 0.2) is 0 Å². The van der Waals surface area contributed by atoms with Crippen LogP contribution in [-0.4, -0.2) is 72.3 Å². The topological polar surface area (TPSA) is 99.4 Å². The Bertz CT molecular complexity index is 171. The van der Waals surface area contributed by atoms with Gasteiger partial charge in [-0.3, -0.25) is 0 Å². The van der Waals surface area contributed by atoms with E-state index in [2.05, 4.69) is 0 Å². The van der Waals surface area contributed by atoms with E-state index in [1.54, 1.807) is 0 Å². The van der Waals surface area contributed by atoms with Crippen molar-refractivity contribution in [2.24, 2.45) is 0 Å². The summed E-state index contributed by atoms with van der Waals surface area (Å²) in [5.41, 5.74) is 0. The molecule has 0 amide bonds. The number of rotatable bonds is 15. The highest BCUT2D eigenvalue weighted by atomic mass is 16.5. The lowest BCUT2D eigenvalue weighted by Gasteiger charge is -2.08. The maximum atomic E-state index is 9.04. The Kier molecular flexibility index (Phi) is 15.0. The average Bonchev–Trinajstić information content (AvgIpc) is 2.47. The van der Waals surface area contributed by atoms with Crippen LogP contribution >= 0.6 is 0 Å². The molecule has 0 heterocycles. The monoisotopic (exact) mass is 294 g/mol. The van der Waals surface area contributed by atoms with Gasteiger partial charge in [0, 0.05) is 13.2 Å². The molecule has 6 nitrogen and oxygen atoms in total. The number of aliphatic hydroxyl groups is 4. The fourth-order valence-electron chi connectivity index (χ4n) is 1.66. The third-order valence-electron chi connectivity index (χ3n) is 2.87. The third kappa shape index (κ3) is 14.2. The molecule has 0 saturated carbocycles. The predicted molar refractivity (Wildman–Crippen MR) is 75.5 cm³/mol. The van der Waals surface area contributed by atoms with E-state index in [0.717, 1.165) is 38.5 Å². The number of hydrogen-bond donors (Lipinski definition) is 4. The van der Waals surface area contributed by atoms with Crippen LogP contribution in [-0.2, 0) is 9.47 Å². The molecule has 0 saturated heterocycles. The van der Waals surface area contributed by atoms with Gasteiger partial charge in [0.25, 0.3) is 0 Å². The maximum absolute atomic E-state index is 9.04. The molecule has 122 valence electrons. The zero-order chi connectivity index (χ0) is 15.1.